The van der Waals surface area contributed by atoms with Crippen molar-refractivity contribution < 1.29 is 9.90 Å². The van der Waals surface area contributed by atoms with Gasteiger partial charge in [0.1, 0.15) is 0 Å². The van der Waals surface area contributed by atoms with Crippen molar-refractivity contribution in [3.63, 3.8) is 0 Å². The lowest BCUT2D eigenvalue weighted by atomic mass is 9.89. The number of aliphatic hydroxyl groups excluding tert-OH is 1. The Balaban J connectivity index is 1.98. The van der Waals surface area contributed by atoms with E-state index in [0.29, 0.717) is 18.6 Å². The fourth-order valence-corrected chi connectivity index (χ4v) is 3.56. The molecule has 0 aromatic heterocycles. The summed E-state index contributed by atoms with van der Waals surface area (Å²) in [4.78, 5) is 14.7. The van der Waals surface area contributed by atoms with Gasteiger partial charge in [0.2, 0.25) is 5.91 Å². The van der Waals surface area contributed by atoms with E-state index >= 15 is 0 Å². The first kappa shape index (κ1) is 14.8. The van der Waals surface area contributed by atoms with Crippen molar-refractivity contribution >= 4 is 5.91 Å². The normalized spacial score (nSPS) is 29.2. The van der Waals surface area contributed by atoms with Crippen LogP contribution < -0.4 is 5.32 Å². The number of amides is 1. The van der Waals surface area contributed by atoms with Gasteiger partial charge in [-0.2, -0.15) is 0 Å². The van der Waals surface area contributed by atoms with Crippen LogP contribution in [0.5, 0.6) is 0 Å². The zero-order chi connectivity index (χ0) is 13.7. The molecule has 1 heterocycles. The minimum Gasteiger partial charge on any atom is -0.395 e. The number of hydrogen-bond acceptors (Lipinski definition) is 3. The Bertz CT molecular complexity index is 290. The Hall–Kier alpha value is -0.610. The largest absolute Gasteiger partial charge is 0.395 e. The Kier molecular flexibility index (Phi) is 5.64. The third-order valence-electron chi connectivity index (χ3n) is 4.61. The Morgan fingerprint density at radius 3 is 2.63 bits per heavy atom. The highest BCUT2D eigenvalue weighted by atomic mass is 16.3. The molecule has 110 valence electrons. The molecule has 2 rings (SSSR count). The fraction of sp³-hybridized carbons (Fsp3) is 0.933. The Morgan fingerprint density at radius 2 is 2.00 bits per heavy atom. The molecule has 2 fully saturated rings. The van der Waals surface area contributed by atoms with Crippen LogP contribution in [0.1, 0.15) is 51.9 Å². The molecule has 1 saturated carbocycles. The van der Waals surface area contributed by atoms with Crippen molar-refractivity contribution in [1.29, 1.82) is 0 Å². The van der Waals surface area contributed by atoms with E-state index in [9.17, 15) is 9.90 Å². The van der Waals surface area contributed by atoms with Crippen LogP contribution in [0.25, 0.3) is 0 Å². The molecule has 19 heavy (non-hydrogen) atoms. The van der Waals surface area contributed by atoms with Crippen LogP contribution in [0.4, 0.5) is 0 Å². The SMILES string of the molecule is CC1CC(C(=O)N(CCO)C2CCCCC2)CCN1. The summed E-state index contributed by atoms with van der Waals surface area (Å²) in [7, 11) is 0. The summed E-state index contributed by atoms with van der Waals surface area (Å²) in [6.07, 6.45) is 7.86. The Labute approximate surface area is 116 Å². The molecule has 2 aliphatic rings. The number of hydrogen-bond donors (Lipinski definition) is 2. The van der Waals surface area contributed by atoms with E-state index in [1.165, 1.54) is 19.3 Å². The van der Waals surface area contributed by atoms with Gasteiger partial charge in [0.15, 0.2) is 0 Å². The predicted octanol–water partition coefficient (Wildman–Crippen LogP) is 1.53. The van der Waals surface area contributed by atoms with Crippen LogP contribution in [0.3, 0.4) is 0 Å². The monoisotopic (exact) mass is 268 g/mol. The number of carbonyl (C=O) groups is 1. The summed E-state index contributed by atoms with van der Waals surface area (Å²) in [6, 6.07) is 0.809. The maximum absolute atomic E-state index is 12.7. The standard InChI is InChI=1S/C15H28N2O2/c1-12-11-13(7-8-16-12)15(19)17(9-10-18)14-5-3-2-4-6-14/h12-14,16,18H,2-11H2,1H3. The molecule has 4 heteroatoms. The number of piperidine rings is 1. The van der Waals surface area contributed by atoms with Gasteiger partial charge in [-0.15, -0.1) is 0 Å². The summed E-state index contributed by atoms with van der Waals surface area (Å²) >= 11 is 0. The highest BCUT2D eigenvalue weighted by Crippen LogP contribution is 2.26. The van der Waals surface area contributed by atoms with E-state index in [1.807, 2.05) is 4.90 Å². The number of rotatable bonds is 4. The lowest BCUT2D eigenvalue weighted by Crippen LogP contribution is -2.49. The van der Waals surface area contributed by atoms with Crippen molar-refractivity contribution in [3.8, 4) is 0 Å². The molecule has 1 aliphatic heterocycles. The van der Waals surface area contributed by atoms with Gasteiger partial charge in [0.25, 0.3) is 0 Å². The third kappa shape index (κ3) is 3.93. The Morgan fingerprint density at radius 1 is 1.26 bits per heavy atom. The maximum atomic E-state index is 12.7. The van der Waals surface area contributed by atoms with Gasteiger partial charge < -0.3 is 15.3 Å². The van der Waals surface area contributed by atoms with Crippen molar-refractivity contribution in [2.75, 3.05) is 19.7 Å². The molecule has 1 aliphatic carbocycles. The smallest absolute Gasteiger partial charge is 0.226 e. The van der Waals surface area contributed by atoms with Gasteiger partial charge in [0, 0.05) is 24.5 Å². The average molecular weight is 268 g/mol. The van der Waals surface area contributed by atoms with Crippen LogP contribution in [-0.2, 0) is 4.79 Å². The van der Waals surface area contributed by atoms with E-state index in [4.69, 9.17) is 0 Å². The first-order chi connectivity index (χ1) is 9.22. The van der Waals surface area contributed by atoms with Crippen molar-refractivity contribution in [2.45, 2.75) is 64.0 Å². The van der Waals surface area contributed by atoms with Gasteiger partial charge in [-0.3, -0.25) is 4.79 Å². The summed E-state index contributed by atoms with van der Waals surface area (Å²) in [5, 5.41) is 12.7. The average Bonchev–Trinajstić information content (AvgIpc) is 2.45. The summed E-state index contributed by atoms with van der Waals surface area (Å²) in [5.74, 6) is 0.444. The number of nitrogens with zero attached hydrogens (tertiary/aromatic N) is 1. The summed E-state index contributed by atoms with van der Waals surface area (Å²) in [6.45, 7) is 3.69. The van der Waals surface area contributed by atoms with Gasteiger partial charge >= 0.3 is 0 Å². The highest BCUT2D eigenvalue weighted by Gasteiger charge is 2.32. The molecule has 0 radical (unpaired) electrons. The first-order valence-electron chi connectivity index (χ1n) is 7.87. The fourth-order valence-electron chi connectivity index (χ4n) is 3.56. The topological polar surface area (TPSA) is 52.6 Å². The number of nitrogens with one attached hydrogen (secondary N) is 1. The second-order valence-corrected chi connectivity index (χ2v) is 6.12. The molecule has 0 aromatic rings. The van der Waals surface area contributed by atoms with E-state index in [0.717, 1.165) is 32.2 Å². The molecule has 1 saturated heterocycles. The maximum Gasteiger partial charge on any atom is 0.226 e. The van der Waals surface area contributed by atoms with E-state index < -0.39 is 0 Å². The quantitative estimate of drug-likeness (QED) is 0.813. The summed E-state index contributed by atoms with van der Waals surface area (Å²) < 4.78 is 0. The van der Waals surface area contributed by atoms with Crippen LogP contribution in [-0.4, -0.2) is 47.7 Å². The van der Waals surface area contributed by atoms with Crippen LogP contribution >= 0.6 is 0 Å². The molecule has 0 aromatic carbocycles. The molecule has 4 nitrogen and oxygen atoms in total. The van der Waals surface area contributed by atoms with Crippen molar-refractivity contribution in [2.24, 2.45) is 5.92 Å². The second kappa shape index (κ2) is 7.25. The van der Waals surface area contributed by atoms with Crippen LogP contribution in [0.15, 0.2) is 0 Å². The second-order valence-electron chi connectivity index (χ2n) is 6.12. The number of aliphatic hydroxyl groups is 1. The molecule has 2 N–H and O–H groups in total. The van der Waals surface area contributed by atoms with Gasteiger partial charge in [-0.25, -0.2) is 0 Å². The minimum absolute atomic E-state index is 0.0861. The molecule has 2 atom stereocenters. The van der Waals surface area contributed by atoms with Gasteiger partial charge in [-0.05, 0) is 39.2 Å². The zero-order valence-corrected chi connectivity index (χ0v) is 12.1. The molecule has 0 spiro atoms. The molecule has 2 unspecified atom stereocenters. The highest BCUT2D eigenvalue weighted by molar-refractivity contribution is 5.79. The summed E-state index contributed by atoms with van der Waals surface area (Å²) in [5.41, 5.74) is 0. The zero-order valence-electron chi connectivity index (χ0n) is 12.1. The molecular weight excluding hydrogens is 240 g/mol. The van der Waals surface area contributed by atoms with Gasteiger partial charge in [0.05, 0.1) is 6.61 Å². The van der Waals surface area contributed by atoms with Crippen LogP contribution in [0.2, 0.25) is 0 Å². The lowest BCUT2D eigenvalue weighted by Gasteiger charge is -2.38. The number of carbonyl (C=O) groups excluding carboxylic acids is 1. The molecule has 1 amide bonds. The first-order valence-corrected chi connectivity index (χ1v) is 7.87. The predicted molar refractivity (Wildman–Crippen MR) is 75.9 cm³/mol. The van der Waals surface area contributed by atoms with Crippen molar-refractivity contribution in [1.82, 2.24) is 10.2 Å². The lowest BCUT2D eigenvalue weighted by molar-refractivity contribution is -0.140. The third-order valence-corrected chi connectivity index (χ3v) is 4.61. The molecular formula is C15H28N2O2. The van der Waals surface area contributed by atoms with Gasteiger partial charge in [-0.1, -0.05) is 19.3 Å². The van der Waals surface area contributed by atoms with Crippen LogP contribution in [0, 0.1) is 5.92 Å². The van der Waals surface area contributed by atoms with E-state index in [2.05, 4.69) is 12.2 Å². The molecule has 0 bridgehead atoms. The van der Waals surface area contributed by atoms with Crippen molar-refractivity contribution in [3.05, 3.63) is 0 Å². The van der Waals surface area contributed by atoms with E-state index in [-0.39, 0.29) is 18.4 Å². The minimum atomic E-state index is 0.0861. The van der Waals surface area contributed by atoms with E-state index in [1.54, 1.807) is 0 Å².